The molecule has 8 nitrogen and oxygen atoms in total. The molecule has 0 radical (unpaired) electrons. The van der Waals surface area contributed by atoms with Gasteiger partial charge in [-0.05, 0) is 24.6 Å². The molecule has 0 aliphatic carbocycles. The summed E-state index contributed by atoms with van der Waals surface area (Å²) in [5, 5.41) is 13.5. The molecular formula is C14H15N3O5S2. The molecule has 3 N–H and O–H groups in total. The first-order valence-electron chi connectivity index (χ1n) is 6.71. The third-order valence-electron chi connectivity index (χ3n) is 2.96. The first-order chi connectivity index (χ1) is 11.2. The first-order valence-corrected chi connectivity index (χ1v) is 9.42. The second-order valence-corrected chi connectivity index (χ2v) is 7.95. The highest BCUT2D eigenvalue weighted by Crippen LogP contribution is 2.33. The van der Waals surface area contributed by atoms with Crippen LogP contribution in [-0.4, -0.2) is 43.3 Å². The molecule has 0 fully saturated rings. The van der Waals surface area contributed by atoms with Crippen molar-refractivity contribution in [2.75, 3.05) is 18.1 Å². The number of rotatable bonds is 5. The molecule has 0 aliphatic heterocycles. The van der Waals surface area contributed by atoms with Gasteiger partial charge in [0.25, 0.3) is 0 Å². The number of aromatic nitrogens is 1. The van der Waals surface area contributed by atoms with Crippen molar-refractivity contribution >= 4 is 38.3 Å². The molecule has 0 aliphatic rings. The fourth-order valence-corrected chi connectivity index (χ4v) is 3.47. The van der Waals surface area contributed by atoms with E-state index in [4.69, 9.17) is 5.11 Å². The Morgan fingerprint density at radius 3 is 2.42 bits per heavy atom. The Hall–Kier alpha value is -2.46. The van der Waals surface area contributed by atoms with Gasteiger partial charge < -0.3 is 10.4 Å². The number of urea groups is 1. The molecule has 2 rings (SSSR count). The molecule has 0 atom stereocenters. The summed E-state index contributed by atoms with van der Waals surface area (Å²) in [5.41, 5.74) is 1.44. The number of aryl methyl sites for hydroxylation is 1. The van der Waals surface area contributed by atoms with Crippen molar-refractivity contribution in [2.24, 2.45) is 0 Å². The lowest BCUT2D eigenvalue weighted by Crippen LogP contribution is -2.33. The second-order valence-electron chi connectivity index (χ2n) is 4.93. The smallest absolute Gasteiger partial charge is 0.323 e. The Balaban J connectivity index is 2.17. The van der Waals surface area contributed by atoms with Crippen molar-refractivity contribution in [3.05, 3.63) is 30.0 Å². The van der Waals surface area contributed by atoms with Crippen LogP contribution in [-0.2, 0) is 14.6 Å². The maximum Gasteiger partial charge on any atom is 0.323 e. The number of thiazole rings is 1. The van der Waals surface area contributed by atoms with Crippen LogP contribution in [0.4, 0.5) is 9.93 Å². The van der Waals surface area contributed by atoms with E-state index < -0.39 is 28.4 Å². The molecule has 0 saturated carbocycles. The molecule has 0 saturated heterocycles. The van der Waals surface area contributed by atoms with Crippen molar-refractivity contribution in [3.8, 4) is 10.4 Å². The number of aliphatic carboxylic acids is 1. The van der Waals surface area contributed by atoms with Crippen LogP contribution in [0, 0.1) is 6.92 Å². The summed E-state index contributed by atoms with van der Waals surface area (Å²) in [5.74, 6) is -1.15. The van der Waals surface area contributed by atoms with Gasteiger partial charge in [-0.3, -0.25) is 10.1 Å². The SMILES string of the molecule is Cc1nc(NC(=O)NCC(=O)O)sc1-c1ccc(S(C)(=O)=O)cc1. The van der Waals surface area contributed by atoms with E-state index in [2.05, 4.69) is 15.6 Å². The third-order valence-corrected chi connectivity index (χ3v) is 5.21. The first kappa shape index (κ1) is 17.9. The second kappa shape index (κ2) is 6.97. The summed E-state index contributed by atoms with van der Waals surface area (Å²) >= 11 is 1.21. The van der Waals surface area contributed by atoms with Crippen LogP contribution < -0.4 is 10.6 Å². The summed E-state index contributed by atoms with van der Waals surface area (Å²) in [6.45, 7) is 1.27. The highest BCUT2D eigenvalue weighted by atomic mass is 32.2. The Labute approximate surface area is 142 Å². The zero-order valence-electron chi connectivity index (χ0n) is 12.9. The number of anilines is 1. The minimum atomic E-state index is -3.26. The standard InChI is InChI=1S/C14H15N3O5S2/c1-8-12(9-3-5-10(6-4-9)24(2,21)22)23-14(16-8)17-13(20)15-7-11(18)19/h3-6H,7H2,1-2H3,(H,18,19)(H2,15,16,17,20). The van der Waals surface area contributed by atoms with Crippen LogP contribution in [0.1, 0.15) is 5.69 Å². The van der Waals surface area contributed by atoms with Crippen molar-refractivity contribution < 1.29 is 23.1 Å². The van der Waals surface area contributed by atoms with Gasteiger partial charge in [0.1, 0.15) is 6.54 Å². The number of carboxylic acid groups (broad SMARTS) is 1. The van der Waals surface area contributed by atoms with Crippen LogP contribution in [0.2, 0.25) is 0 Å². The summed E-state index contributed by atoms with van der Waals surface area (Å²) in [4.78, 5) is 27.2. The molecule has 2 aromatic rings. The van der Waals surface area contributed by atoms with E-state index in [-0.39, 0.29) is 4.90 Å². The number of nitrogens with zero attached hydrogens (tertiary/aromatic N) is 1. The molecule has 1 heterocycles. The fourth-order valence-electron chi connectivity index (χ4n) is 1.87. The molecular weight excluding hydrogens is 354 g/mol. The van der Waals surface area contributed by atoms with Gasteiger partial charge in [-0.2, -0.15) is 0 Å². The van der Waals surface area contributed by atoms with Crippen LogP contribution in [0.25, 0.3) is 10.4 Å². The average molecular weight is 369 g/mol. The number of sulfone groups is 1. The summed E-state index contributed by atoms with van der Waals surface area (Å²) < 4.78 is 23.0. The lowest BCUT2D eigenvalue weighted by Gasteiger charge is -2.02. The van der Waals surface area contributed by atoms with Gasteiger partial charge in [-0.1, -0.05) is 23.5 Å². The van der Waals surface area contributed by atoms with E-state index in [0.717, 1.165) is 16.7 Å². The van der Waals surface area contributed by atoms with Crippen molar-refractivity contribution in [1.29, 1.82) is 0 Å². The predicted octanol–water partition coefficient (Wildman–Crippen LogP) is 1.73. The molecule has 24 heavy (non-hydrogen) atoms. The fraction of sp³-hybridized carbons (Fsp3) is 0.214. The van der Waals surface area contributed by atoms with Gasteiger partial charge in [-0.15, -0.1) is 0 Å². The molecule has 0 spiro atoms. The van der Waals surface area contributed by atoms with Crippen molar-refractivity contribution in [1.82, 2.24) is 10.3 Å². The molecule has 0 bridgehead atoms. The zero-order chi connectivity index (χ0) is 17.9. The van der Waals surface area contributed by atoms with Gasteiger partial charge >= 0.3 is 12.0 Å². The number of carboxylic acids is 1. The van der Waals surface area contributed by atoms with Crippen LogP contribution >= 0.6 is 11.3 Å². The topological polar surface area (TPSA) is 125 Å². The number of benzene rings is 1. The van der Waals surface area contributed by atoms with Gasteiger partial charge in [0.2, 0.25) is 0 Å². The predicted molar refractivity (Wildman–Crippen MR) is 90.1 cm³/mol. The van der Waals surface area contributed by atoms with E-state index >= 15 is 0 Å². The largest absolute Gasteiger partial charge is 0.480 e. The number of amides is 2. The van der Waals surface area contributed by atoms with Crippen LogP contribution in [0.5, 0.6) is 0 Å². The van der Waals surface area contributed by atoms with E-state index in [1.807, 2.05) is 0 Å². The van der Waals surface area contributed by atoms with Crippen LogP contribution in [0.15, 0.2) is 29.2 Å². The molecule has 0 unspecified atom stereocenters. The maximum atomic E-state index is 11.5. The third kappa shape index (κ3) is 4.52. The number of hydrogen-bond donors (Lipinski definition) is 3. The molecule has 128 valence electrons. The van der Waals surface area contributed by atoms with E-state index in [1.54, 1.807) is 19.1 Å². The maximum absolute atomic E-state index is 11.5. The monoisotopic (exact) mass is 369 g/mol. The van der Waals surface area contributed by atoms with Gasteiger partial charge in [0, 0.05) is 6.26 Å². The van der Waals surface area contributed by atoms with E-state index in [1.165, 1.54) is 23.5 Å². The van der Waals surface area contributed by atoms with Crippen LogP contribution in [0.3, 0.4) is 0 Å². The highest BCUT2D eigenvalue weighted by molar-refractivity contribution is 7.90. The lowest BCUT2D eigenvalue weighted by molar-refractivity contribution is -0.135. The molecule has 10 heteroatoms. The summed E-state index contributed by atoms with van der Waals surface area (Å²) in [7, 11) is -3.26. The Morgan fingerprint density at radius 2 is 1.88 bits per heavy atom. The lowest BCUT2D eigenvalue weighted by atomic mass is 10.2. The van der Waals surface area contributed by atoms with E-state index in [9.17, 15) is 18.0 Å². The molecule has 1 aromatic carbocycles. The summed E-state index contributed by atoms with van der Waals surface area (Å²) in [6, 6.07) is 5.70. The summed E-state index contributed by atoms with van der Waals surface area (Å²) in [6.07, 6.45) is 1.14. The quantitative estimate of drug-likeness (QED) is 0.737. The Kier molecular flexibility index (Phi) is 5.20. The number of carbonyl (C=O) groups excluding carboxylic acids is 1. The van der Waals surface area contributed by atoms with E-state index in [0.29, 0.717) is 10.8 Å². The van der Waals surface area contributed by atoms with Gasteiger partial charge in [0.05, 0.1) is 15.5 Å². The van der Waals surface area contributed by atoms with Gasteiger partial charge in [0.15, 0.2) is 15.0 Å². The average Bonchev–Trinajstić information content (AvgIpc) is 2.85. The zero-order valence-corrected chi connectivity index (χ0v) is 14.5. The highest BCUT2D eigenvalue weighted by Gasteiger charge is 2.13. The minimum Gasteiger partial charge on any atom is -0.480 e. The van der Waals surface area contributed by atoms with Gasteiger partial charge in [-0.25, -0.2) is 18.2 Å². The number of carbonyl (C=O) groups is 2. The molecule has 1 aromatic heterocycles. The minimum absolute atomic E-state index is 0.222. The normalized spacial score (nSPS) is 11.1. The Bertz CT molecular complexity index is 872. The number of nitrogens with one attached hydrogen (secondary N) is 2. The van der Waals surface area contributed by atoms with Crippen molar-refractivity contribution in [2.45, 2.75) is 11.8 Å². The van der Waals surface area contributed by atoms with Crippen molar-refractivity contribution in [3.63, 3.8) is 0 Å². The molecule has 2 amide bonds. The number of hydrogen-bond acceptors (Lipinski definition) is 6. The Morgan fingerprint density at radius 1 is 1.25 bits per heavy atom.